The molecule has 0 unspecified atom stereocenters. The van der Waals surface area contributed by atoms with Crippen molar-refractivity contribution < 1.29 is 8.42 Å². The molecule has 1 aromatic carbocycles. The molecule has 7 heteroatoms. The molecule has 1 N–H and O–H groups in total. The number of halogens is 2. The van der Waals surface area contributed by atoms with Crippen LogP contribution in [0, 0.1) is 6.92 Å². The third-order valence-electron chi connectivity index (χ3n) is 2.44. The summed E-state index contributed by atoms with van der Waals surface area (Å²) in [5, 5.41) is 0.452. The summed E-state index contributed by atoms with van der Waals surface area (Å²) in [6, 6.07) is 7.93. The molecule has 0 aliphatic rings. The molecule has 0 saturated carbocycles. The molecule has 1 heterocycles. The molecule has 0 saturated heterocycles. The van der Waals surface area contributed by atoms with Crippen LogP contribution in [0.25, 0.3) is 0 Å². The summed E-state index contributed by atoms with van der Waals surface area (Å²) in [7, 11) is -3.68. The number of aryl methyl sites for hydroxylation is 1. The minimum absolute atomic E-state index is 0.119. The summed E-state index contributed by atoms with van der Waals surface area (Å²) in [5.41, 5.74) is 0.749. The fraction of sp³-hybridized carbons (Fsp3) is 0.0833. The molecule has 0 amide bonds. The van der Waals surface area contributed by atoms with Crippen molar-refractivity contribution in [2.24, 2.45) is 0 Å². The van der Waals surface area contributed by atoms with Gasteiger partial charge in [0.15, 0.2) is 0 Å². The van der Waals surface area contributed by atoms with E-state index >= 15 is 0 Å². The summed E-state index contributed by atoms with van der Waals surface area (Å²) in [4.78, 5) is 4.12. The van der Waals surface area contributed by atoms with Gasteiger partial charge in [-0.05, 0) is 52.7 Å². The Bertz CT molecular complexity index is 719. The number of hydrogen-bond acceptors (Lipinski definition) is 3. The van der Waals surface area contributed by atoms with Crippen LogP contribution in [0.2, 0.25) is 5.02 Å². The topological polar surface area (TPSA) is 59.1 Å². The maximum Gasteiger partial charge on any atom is 0.263 e. The first-order valence-corrected chi connectivity index (χ1v) is 7.95. The monoisotopic (exact) mass is 360 g/mol. The summed E-state index contributed by atoms with van der Waals surface area (Å²) in [5.74, 6) is 0.313. The smallest absolute Gasteiger partial charge is 0.263 e. The molecule has 0 aliphatic heterocycles. The van der Waals surface area contributed by atoms with Gasteiger partial charge in [-0.25, -0.2) is 13.4 Å². The number of anilines is 1. The zero-order chi connectivity index (χ0) is 14.0. The minimum Gasteiger partial charge on any atom is -0.263 e. The second-order valence-electron chi connectivity index (χ2n) is 3.85. The number of aromatic nitrogens is 1. The molecule has 19 heavy (non-hydrogen) atoms. The zero-order valence-corrected chi connectivity index (χ0v) is 13.1. The fourth-order valence-corrected chi connectivity index (χ4v) is 3.18. The Hall–Kier alpha value is -1.11. The van der Waals surface area contributed by atoms with Crippen molar-refractivity contribution in [3.63, 3.8) is 0 Å². The maximum absolute atomic E-state index is 12.2. The molecule has 0 spiro atoms. The minimum atomic E-state index is -3.68. The summed E-state index contributed by atoms with van der Waals surface area (Å²) < 4.78 is 27.4. The van der Waals surface area contributed by atoms with Crippen LogP contribution in [0.3, 0.4) is 0 Å². The Kier molecular flexibility index (Phi) is 4.13. The normalized spacial score (nSPS) is 11.3. The van der Waals surface area contributed by atoms with E-state index in [9.17, 15) is 8.42 Å². The van der Waals surface area contributed by atoms with Crippen LogP contribution in [-0.4, -0.2) is 13.4 Å². The van der Waals surface area contributed by atoms with Gasteiger partial charge in [-0.2, -0.15) is 0 Å². The van der Waals surface area contributed by atoms with E-state index in [1.807, 2.05) is 0 Å². The Labute approximate surface area is 125 Å². The quantitative estimate of drug-likeness (QED) is 0.908. The molecular weight excluding hydrogens is 352 g/mol. The number of hydrogen-bond donors (Lipinski definition) is 1. The predicted molar refractivity (Wildman–Crippen MR) is 78.9 cm³/mol. The average Bonchev–Trinajstić information content (AvgIpc) is 2.35. The third kappa shape index (κ3) is 3.26. The Morgan fingerprint density at radius 1 is 1.32 bits per heavy atom. The molecule has 100 valence electrons. The molecule has 1 aromatic heterocycles. The zero-order valence-electron chi connectivity index (χ0n) is 9.89. The van der Waals surface area contributed by atoms with Gasteiger partial charge in [-0.15, -0.1) is 0 Å². The second-order valence-corrected chi connectivity index (χ2v) is 6.79. The molecule has 4 nitrogen and oxygen atoms in total. The van der Waals surface area contributed by atoms with Gasteiger partial charge >= 0.3 is 0 Å². The number of sulfonamides is 1. The Balaban J connectivity index is 2.38. The van der Waals surface area contributed by atoms with E-state index in [4.69, 9.17) is 11.6 Å². The molecule has 2 aromatic rings. The van der Waals surface area contributed by atoms with Crippen molar-refractivity contribution in [3.8, 4) is 0 Å². The highest BCUT2D eigenvalue weighted by molar-refractivity contribution is 9.10. The Morgan fingerprint density at radius 3 is 2.68 bits per heavy atom. The molecular formula is C12H10BrClN2O2S. The summed E-state index contributed by atoms with van der Waals surface area (Å²) in [6.07, 6.45) is 1.53. The van der Waals surface area contributed by atoms with Crippen molar-refractivity contribution in [1.29, 1.82) is 0 Å². The first-order chi connectivity index (χ1) is 8.90. The van der Waals surface area contributed by atoms with Crippen LogP contribution in [0.15, 0.2) is 45.9 Å². The lowest BCUT2D eigenvalue weighted by Crippen LogP contribution is -2.14. The van der Waals surface area contributed by atoms with Crippen LogP contribution < -0.4 is 4.72 Å². The molecule has 2 rings (SSSR count). The molecule has 0 radical (unpaired) electrons. The standard InChI is InChI=1S/C12H10BrClN2O2S/c1-8-3-2-6-15-12(8)16-19(17,18)9-4-5-11(14)10(13)7-9/h2-7H,1H3,(H,15,16). The highest BCUT2D eigenvalue weighted by atomic mass is 79.9. The van der Waals surface area contributed by atoms with E-state index in [1.165, 1.54) is 24.4 Å². The maximum atomic E-state index is 12.2. The van der Waals surface area contributed by atoms with Crippen LogP contribution >= 0.6 is 27.5 Å². The summed E-state index contributed by atoms with van der Waals surface area (Å²) in [6.45, 7) is 1.78. The highest BCUT2D eigenvalue weighted by Gasteiger charge is 2.16. The molecule has 0 bridgehead atoms. The van der Waals surface area contributed by atoms with Crippen molar-refractivity contribution in [1.82, 2.24) is 4.98 Å². The van der Waals surface area contributed by atoms with Gasteiger partial charge in [0.1, 0.15) is 5.82 Å². The number of pyridine rings is 1. The van der Waals surface area contributed by atoms with E-state index in [2.05, 4.69) is 25.6 Å². The van der Waals surface area contributed by atoms with Gasteiger partial charge in [-0.3, -0.25) is 4.72 Å². The van der Waals surface area contributed by atoms with E-state index in [0.29, 0.717) is 15.3 Å². The van der Waals surface area contributed by atoms with Gasteiger partial charge in [0.05, 0.1) is 9.92 Å². The van der Waals surface area contributed by atoms with Gasteiger partial charge < -0.3 is 0 Å². The van der Waals surface area contributed by atoms with Crippen molar-refractivity contribution in [2.75, 3.05) is 4.72 Å². The van der Waals surface area contributed by atoms with E-state index in [0.717, 1.165) is 5.56 Å². The van der Waals surface area contributed by atoms with Gasteiger partial charge in [-0.1, -0.05) is 17.7 Å². The van der Waals surface area contributed by atoms with Crippen LogP contribution in [-0.2, 0) is 10.0 Å². The number of benzene rings is 1. The van der Waals surface area contributed by atoms with E-state index in [1.54, 1.807) is 19.1 Å². The second kappa shape index (κ2) is 5.48. The first-order valence-electron chi connectivity index (χ1n) is 5.29. The van der Waals surface area contributed by atoms with Gasteiger partial charge in [0.25, 0.3) is 10.0 Å². The average molecular weight is 362 g/mol. The van der Waals surface area contributed by atoms with E-state index in [-0.39, 0.29) is 4.90 Å². The van der Waals surface area contributed by atoms with Crippen molar-refractivity contribution >= 4 is 43.4 Å². The van der Waals surface area contributed by atoms with Crippen LogP contribution in [0.5, 0.6) is 0 Å². The molecule has 0 fully saturated rings. The number of rotatable bonds is 3. The Morgan fingerprint density at radius 2 is 2.05 bits per heavy atom. The van der Waals surface area contributed by atoms with Gasteiger partial charge in [0, 0.05) is 10.7 Å². The predicted octanol–water partition coefficient (Wildman–Crippen LogP) is 3.61. The van der Waals surface area contributed by atoms with Crippen molar-refractivity contribution in [3.05, 3.63) is 51.6 Å². The number of nitrogens with zero attached hydrogens (tertiary/aromatic N) is 1. The summed E-state index contributed by atoms with van der Waals surface area (Å²) >= 11 is 9.04. The fourth-order valence-electron chi connectivity index (χ4n) is 1.42. The number of nitrogens with one attached hydrogen (secondary N) is 1. The lowest BCUT2D eigenvalue weighted by molar-refractivity contribution is 0.601. The largest absolute Gasteiger partial charge is 0.263 e. The lowest BCUT2D eigenvalue weighted by Gasteiger charge is -2.09. The molecule has 0 aliphatic carbocycles. The van der Waals surface area contributed by atoms with E-state index < -0.39 is 10.0 Å². The first kappa shape index (κ1) is 14.3. The lowest BCUT2D eigenvalue weighted by atomic mass is 10.3. The SMILES string of the molecule is Cc1cccnc1NS(=O)(=O)c1ccc(Cl)c(Br)c1. The van der Waals surface area contributed by atoms with Crippen LogP contribution in [0.1, 0.15) is 5.56 Å². The van der Waals surface area contributed by atoms with Crippen LogP contribution in [0.4, 0.5) is 5.82 Å². The molecule has 0 atom stereocenters. The van der Waals surface area contributed by atoms with Gasteiger partial charge in [0.2, 0.25) is 0 Å². The van der Waals surface area contributed by atoms with Crippen molar-refractivity contribution in [2.45, 2.75) is 11.8 Å². The highest BCUT2D eigenvalue weighted by Crippen LogP contribution is 2.26. The third-order valence-corrected chi connectivity index (χ3v) is 4.99.